The highest BCUT2D eigenvalue weighted by molar-refractivity contribution is 8.00. The van der Waals surface area contributed by atoms with E-state index in [0.717, 1.165) is 18.2 Å². The van der Waals surface area contributed by atoms with Crippen LogP contribution in [0.3, 0.4) is 0 Å². The molecule has 0 saturated carbocycles. The van der Waals surface area contributed by atoms with Crippen LogP contribution in [0.4, 0.5) is 18.9 Å². The number of hydrogen-bond acceptors (Lipinski definition) is 3. The van der Waals surface area contributed by atoms with Gasteiger partial charge in [-0.05, 0) is 24.6 Å². The second kappa shape index (κ2) is 5.53. The van der Waals surface area contributed by atoms with E-state index in [-0.39, 0.29) is 17.5 Å². The van der Waals surface area contributed by atoms with Gasteiger partial charge in [0.25, 0.3) is 0 Å². The van der Waals surface area contributed by atoms with Gasteiger partial charge in [0.2, 0.25) is 0 Å². The van der Waals surface area contributed by atoms with E-state index in [1.165, 1.54) is 13.2 Å². The van der Waals surface area contributed by atoms with E-state index in [1.54, 1.807) is 17.8 Å². The number of alkyl halides is 3. The molecule has 0 bridgehead atoms. The van der Waals surface area contributed by atoms with Gasteiger partial charge in [-0.1, -0.05) is 6.92 Å². The van der Waals surface area contributed by atoms with Crippen LogP contribution in [0, 0.1) is 0 Å². The standard InChI is InChI=1S/C13H16F3NOS/c1-8-5-9(7-19-8)17-12-4-3-10(18-2)6-11(12)13(14,15)16/h3-4,6,8-9,17H,5,7H2,1-2H3. The van der Waals surface area contributed by atoms with E-state index < -0.39 is 11.7 Å². The Morgan fingerprint density at radius 2 is 2.11 bits per heavy atom. The summed E-state index contributed by atoms with van der Waals surface area (Å²) in [5, 5.41) is 3.49. The molecule has 1 aromatic rings. The topological polar surface area (TPSA) is 21.3 Å². The molecule has 0 spiro atoms. The minimum atomic E-state index is -4.38. The molecule has 0 aromatic heterocycles. The van der Waals surface area contributed by atoms with Gasteiger partial charge in [0.1, 0.15) is 5.75 Å². The maximum absolute atomic E-state index is 13.0. The molecule has 2 atom stereocenters. The number of nitrogens with one attached hydrogen (secondary N) is 1. The van der Waals surface area contributed by atoms with Crippen LogP contribution in [0.2, 0.25) is 0 Å². The summed E-state index contributed by atoms with van der Waals surface area (Å²) >= 11 is 1.78. The van der Waals surface area contributed by atoms with E-state index >= 15 is 0 Å². The molecule has 2 rings (SSSR count). The van der Waals surface area contributed by atoms with Gasteiger partial charge in [0.15, 0.2) is 0 Å². The Hall–Kier alpha value is -1.04. The lowest BCUT2D eigenvalue weighted by atomic mass is 10.1. The fraction of sp³-hybridized carbons (Fsp3) is 0.538. The predicted octanol–water partition coefficient (Wildman–Crippen LogP) is 4.02. The Morgan fingerprint density at radius 3 is 2.63 bits per heavy atom. The van der Waals surface area contributed by atoms with Crippen molar-refractivity contribution in [3.8, 4) is 5.75 Å². The number of ether oxygens (including phenoxy) is 1. The Balaban J connectivity index is 2.24. The third kappa shape index (κ3) is 3.49. The van der Waals surface area contributed by atoms with Gasteiger partial charge in [-0.3, -0.25) is 0 Å². The van der Waals surface area contributed by atoms with Gasteiger partial charge < -0.3 is 10.1 Å². The number of hydrogen-bond donors (Lipinski definition) is 1. The first-order chi connectivity index (χ1) is 8.90. The smallest absolute Gasteiger partial charge is 0.418 e. The van der Waals surface area contributed by atoms with Crippen LogP contribution >= 0.6 is 11.8 Å². The maximum atomic E-state index is 13.0. The van der Waals surface area contributed by atoms with Crippen LogP contribution in [-0.4, -0.2) is 24.2 Å². The summed E-state index contributed by atoms with van der Waals surface area (Å²) < 4.78 is 43.9. The van der Waals surface area contributed by atoms with Crippen LogP contribution in [0.1, 0.15) is 18.9 Å². The van der Waals surface area contributed by atoms with Crippen LogP contribution in [0.15, 0.2) is 18.2 Å². The van der Waals surface area contributed by atoms with E-state index in [4.69, 9.17) is 4.74 Å². The summed E-state index contributed by atoms with van der Waals surface area (Å²) in [5.41, 5.74) is -0.538. The number of thioether (sulfide) groups is 1. The summed E-state index contributed by atoms with van der Waals surface area (Å²) in [6, 6.07) is 4.11. The number of benzene rings is 1. The molecule has 1 aromatic carbocycles. The summed E-state index contributed by atoms with van der Waals surface area (Å²) in [6.07, 6.45) is -3.50. The lowest BCUT2D eigenvalue weighted by molar-refractivity contribution is -0.137. The molecule has 1 aliphatic heterocycles. The largest absolute Gasteiger partial charge is 0.497 e. The highest BCUT2D eigenvalue weighted by atomic mass is 32.2. The second-order valence-electron chi connectivity index (χ2n) is 4.63. The molecule has 1 heterocycles. The van der Waals surface area contributed by atoms with Gasteiger partial charge in [-0.25, -0.2) is 0 Å². The third-order valence-corrected chi connectivity index (χ3v) is 4.45. The van der Waals surface area contributed by atoms with Crippen molar-refractivity contribution in [2.45, 2.75) is 30.8 Å². The summed E-state index contributed by atoms with van der Waals surface area (Å²) in [4.78, 5) is 0. The first-order valence-electron chi connectivity index (χ1n) is 6.03. The van der Waals surface area contributed by atoms with Crippen molar-refractivity contribution in [3.63, 3.8) is 0 Å². The van der Waals surface area contributed by atoms with Crippen molar-refractivity contribution < 1.29 is 17.9 Å². The molecular weight excluding hydrogens is 275 g/mol. The molecule has 1 N–H and O–H groups in total. The minimum absolute atomic E-state index is 0.0921. The SMILES string of the molecule is COc1ccc(NC2CSC(C)C2)c(C(F)(F)F)c1. The van der Waals surface area contributed by atoms with Gasteiger partial charge in [-0.15, -0.1) is 0 Å². The maximum Gasteiger partial charge on any atom is 0.418 e. The molecule has 1 saturated heterocycles. The van der Waals surface area contributed by atoms with Crippen molar-refractivity contribution in [2.24, 2.45) is 0 Å². The average Bonchev–Trinajstić information content (AvgIpc) is 2.74. The van der Waals surface area contributed by atoms with Crippen LogP contribution < -0.4 is 10.1 Å². The van der Waals surface area contributed by atoms with Gasteiger partial charge in [0, 0.05) is 22.7 Å². The highest BCUT2D eigenvalue weighted by Gasteiger charge is 2.35. The second-order valence-corrected chi connectivity index (χ2v) is 6.10. The van der Waals surface area contributed by atoms with E-state index in [0.29, 0.717) is 5.25 Å². The molecule has 0 amide bonds. The molecule has 2 nitrogen and oxygen atoms in total. The van der Waals surface area contributed by atoms with Crippen LogP contribution in [0.25, 0.3) is 0 Å². The summed E-state index contributed by atoms with van der Waals surface area (Å²) in [7, 11) is 1.36. The monoisotopic (exact) mass is 291 g/mol. The first-order valence-corrected chi connectivity index (χ1v) is 7.08. The molecule has 106 valence electrons. The van der Waals surface area contributed by atoms with Crippen molar-refractivity contribution >= 4 is 17.4 Å². The molecular formula is C13H16F3NOS. The Labute approximate surface area is 114 Å². The van der Waals surface area contributed by atoms with Crippen molar-refractivity contribution in [1.29, 1.82) is 0 Å². The summed E-state index contributed by atoms with van der Waals surface area (Å²) in [6.45, 7) is 2.09. The zero-order valence-corrected chi connectivity index (χ0v) is 11.6. The third-order valence-electron chi connectivity index (χ3n) is 3.09. The summed E-state index contributed by atoms with van der Waals surface area (Å²) in [5.74, 6) is 1.05. The van der Waals surface area contributed by atoms with E-state index in [9.17, 15) is 13.2 Å². The minimum Gasteiger partial charge on any atom is -0.497 e. The van der Waals surface area contributed by atoms with Gasteiger partial charge >= 0.3 is 6.18 Å². The lowest BCUT2D eigenvalue weighted by Gasteiger charge is -2.19. The lowest BCUT2D eigenvalue weighted by Crippen LogP contribution is -2.21. The van der Waals surface area contributed by atoms with Crippen LogP contribution in [0.5, 0.6) is 5.75 Å². The first kappa shape index (κ1) is 14.4. The fourth-order valence-corrected chi connectivity index (χ4v) is 3.30. The zero-order valence-electron chi connectivity index (χ0n) is 10.8. The molecule has 19 heavy (non-hydrogen) atoms. The fourth-order valence-electron chi connectivity index (χ4n) is 2.15. The zero-order chi connectivity index (χ0) is 14.0. The normalized spacial score (nSPS) is 23.4. The van der Waals surface area contributed by atoms with Crippen molar-refractivity contribution in [2.75, 3.05) is 18.2 Å². The molecule has 1 fully saturated rings. The highest BCUT2D eigenvalue weighted by Crippen LogP contribution is 2.38. The van der Waals surface area contributed by atoms with Gasteiger partial charge in [0.05, 0.1) is 12.7 Å². The van der Waals surface area contributed by atoms with Gasteiger partial charge in [-0.2, -0.15) is 24.9 Å². The number of rotatable bonds is 3. The van der Waals surface area contributed by atoms with E-state index in [1.807, 2.05) is 0 Å². The Bertz CT molecular complexity index is 450. The molecule has 2 unspecified atom stereocenters. The average molecular weight is 291 g/mol. The molecule has 0 aliphatic carbocycles. The van der Waals surface area contributed by atoms with E-state index in [2.05, 4.69) is 12.2 Å². The van der Waals surface area contributed by atoms with Crippen molar-refractivity contribution in [1.82, 2.24) is 0 Å². The number of anilines is 1. The Kier molecular flexibility index (Phi) is 4.18. The molecule has 6 heteroatoms. The molecule has 0 radical (unpaired) electrons. The van der Waals surface area contributed by atoms with Crippen LogP contribution in [-0.2, 0) is 6.18 Å². The predicted molar refractivity (Wildman–Crippen MR) is 71.9 cm³/mol. The number of halogens is 3. The molecule has 1 aliphatic rings. The quantitative estimate of drug-likeness (QED) is 0.909. The Morgan fingerprint density at radius 1 is 1.37 bits per heavy atom. The van der Waals surface area contributed by atoms with Crippen molar-refractivity contribution in [3.05, 3.63) is 23.8 Å². The number of methoxy groups -OCH3 is 1.